The number of esters is 1. The number of nitrogens with zero attached hydrogens (tertiary/aromatic N) is 1. The third-order valence-electron chi connectivity index (χ3n) is 3.22. The van der Waals surface area contributed by atoms with Crippen molar-refractivity contribution in [3.05, 3.63) is 0 Å². The van der Waals surface area contributed by atoms with E-state index in [1.54, 1.807) is 0 Å². The minimum absolute atomic E-state index is 0.0500. The Labute approximate surface area is 109 Å². The van der Waals surface area contributed by atoms with Gasteiger partial charge < -0.3 is 10.1 Å². The molecule has 5 heteroatoms. The first-order valence-corrected chi connectivity index (χ1v) is 6.67. The van der Waals surface area contributed by atoms with E-state index < -0.39 is 0 Å². The number of hydrogen-bond acceptors (Lipinski definition) is 4. The molecule has 1 amide bonds. The Hall–Kier alpha value is -1.10. The average molecular weight is 256 g/mol. The van der Waals surface area contributed by atoms with Crippen molar-refractivity contribution in [2.45, 2.75) is 32.6 Å². The molecule has 104 valence electrons. The van der Waals surface area contributed by atoms with Crippen LogP contribution < -0.4 is 5.32 Å². The number of amides is 1. The Bertz CT molecular complexity index is 281. The highest BCUT2D eigenvalue weighted by atomic mass is 16.5. The van der Waals surface area contributed by atoms with Crippen LogP contribution >= 0.6 is 0 Å². The molecule has 1 saturated heterocycles. The topological polar surface area (TPSA) is 58.6 Å². The predicted molar refractivity (Wildman–Crippen MR) is 69.1 cm³/mol. The first-order valence-electron chi connectivity index (χ1n) is 6.67. The molecular weight excluding hydrogens is 232 g/mol. The summed E-state index contributed by atoms with van der Waals surface area (Å²) >= 11 is 0. The van der Waals surface area contributed by atoms with Crippen molar-refractivity contribution in [3.63, 3.8) is 0 Å². The van der Waals surface area contributed by atoms with Crippen molar-refractivity contribution in [3.8, 4) is 0 Å². The van der Waals surface area contributed by atoms with E-state index in [2.05, 4.69) is 21.9 Å². The fraction of sp³-hybridized carbons (Fsp3) is 0.846. The molecule has 0 aromatic carbocycles. The molecular formula is C13H24N2O3. The van der Waals surface area contributed by atoms with Crippen LogP contribution in [0, 0.1) is 5.92 Å². The lowest BCUT2D eigenvalue weighted by molar-refractivity contribution is -0.140. The van der Waals surface area contributed by atoms with Crippen LogP contribution in [0.2, 0.25) is 0 Å². The summed E-state index contributed by atoms with van der Waals surface area (Å²) in [6, 6.07) is 0. The maximum absolute atomic E-state index is 11.7. The van der Waals surface area contributed by atoms with Gasteiger partial charge >= 0.3 is 5.97 Å². The van der Waals surface area contributed by atoms with E-state index in [9.17, 15) is 9.59 Å². The van der Waals surface area contributed by atoms with Gasteiger partial charge in [-0.1, -0.05) is 6.92 Å². The normalized spacial score (nSPS) is 20.4. The van der Waals surface area contributed by atoms with Crippen molar-refractivity contribution in [1.82, 2.24) is 10.2 Å². The van der Waals surface area contributed by atoms with E-state index in [1.165, 1.54) is 20.0 Å². The summed E-state index contributed by atoms with van der Waals surface area (Å²) in [7, 11) is 1.37. The number of piperidine rings is 1. The number of likely N-dealkylation sites (tertiary alicyclic amines) is 1. The number of hydrogen-bond donors (Lipinski definition) is 1. The summed E-state index contributed by atoms with van der Waals surface area (Å²) in [6.07, 6.45) is 3.43. The molecule has 1 aliphatic heterocycles. The van der Waals surface area contributed by atoms with Gasteiger partial charge in [-0.05, 0) is 31.7 Å². The van der Waals surface area contributed by atoms with Crippen molar-refractivity contribution in [2.75, 3.05) is 33.3 Å². The van der Waals surface area contributed by atoms with Gasteiger partial charge in [0.1, 0.15) is 0 Å². The van der Waals surface area contributed by atoms with Crippen LogP contribution in [0.15, 0.2) is 0 Å². The van der Waals surface area contributed by atoms with Gasteiger partial charge in [0.05, 0.1) is 13.7 Å². The highest BCUT2D eigenvalue weighted by Gasteiger charge is 2.18. The molecule has 0 saturated carbocycles. The minimum Gasteiger partial charge on any atom is -0.469 e. The lowest BCUT2D eigenvalue weighted by Crippen LogP contribution is -2.42. The van der Waals surface area contributed by atoms with Gasteiger partial charge in [0.2, 0.25) is 5.91 Å². The summed E-state index contributed by atoms with van der Waals surface area (Å²) in [5, 5.41) is 2.84. The van der Waals surface area contributed by atoms with Crippen LogP contribution in [0.5, 0.6) is 0 Å². The van der Waals surface area contributed by atoms with Gasteiger partial charge in [-0.15, -0.1) is 0 Å². The van der Waals surface area contributed by atoms with Gasteiger partial charge in [-0.2, -0.15) is 0 Å². The SMILES string of the molecule is COC(=O)CCCNC(=O)CN1CCCC(C)C1. The Morgan fingerprint density at radius 2 is 2.22 bits per heavy atom. The minimum atomic E-state index is -0.228. The zero-order valence-corrected chi connectivity index (χ0v) is 11.4. The number of carbonyl (C=O) groups excluding carboxylic acids is 2. The summed E-state index contributed by atoms with van der Waals surface area (Å²) < 4.78 is 4.53. The molecule has 1 rings (SSSR count). The second-order valence-corrected chi connectivity index (χ2v) is 5.01. The monoisotopic (exact) mass is 256 g/mol. The van der Waals surface area contributed by atoms with Gasteiger partial charge in [0.25, 0.3) is 0 Å². The molecule has 1 unspecified atom stereocenters. The van der Waals surface area contributed by atoms with Crippen LogP contribution in [0.25, 0.3) is 0 Å². The molecule has 0 aromatic heterocycles. The Morgan fingerprint density at radius 3 is 2.89 bits per heavy atom. The standard InChI is InChI=1S/C13H24N2O3/c1-11-5-4-8-15(9-11)10-12(16)14-7-3-6-13(17)18-2/h11H,3-10H2,1-2H3,(H,14,16). The molecule has 0 bridgehead atoms. The van der Waals surface area contributed by atoms with E-state index in [0.717, 1.165) is 13.1 Å². The molecule has 1 aliphatic rings. The zero-order chi connectivity index (χ0) is 13.4. The van der Waals surface area contributed by atoms with E-state index in [4.69, 9.17) is 0 Å². The van der Waals surface area contributed by atoms with Crippen LogP contribution in [0.1, 0.15) is 32.6 Å². The van der Waals surface area contributed by atoms with Gasteiger partial charge in [-0.25, -0.2) is 0 Å². The summed E-state index contributed by atoms with van der Waals surface area (Å²) in [5.74, 6) is 0.508. The molecule has 0 aliphatic carbocycles. The number of methoxy groups -OCH3 is 1. The van der Waals surface area contributed by atoms with Crippen molar-refractivity contribution in [2.24, 2.45) is 5.92 Å². The summed E-state index contributed by atoms with van der Waals surface area (Å²) in [4.78, 5) is 24.7. The number of rotatable bonds is 6. The third-order valence-corrected chi connectivity index (χ3v) is 3.22. The van der Waals surface area contributed by atoms with Gasteiger partial charge in [0, 0.05) is 19.5 Å². The first-order chi connectivity index (χ1) is 8.61. The largest absolute Gasteiger partial charge is 0.469 e. The smallest absolute Gasteiger partial charge is 0.305 e. The first kappa shape index (κ1) is 15.0. The second-order valence-electron chi connectivity index (χ2n) is 5.01. The van der Waals surface area contributed by atoms with Crippen molar-refractivity contribution < 1.29 is 14.3 Å². The molecule has 0 spiro atoms. The van der Waals surface area contributed by atoms with Gasteiger partial charge in [0.15, 0.2) is 0 Å². The molecule has 1 N–H and O–H groups in total. The third kappa shape index (κ3) is 6.00. The van der Waals surface area contributed by atoms with Crippen molar-refractivity contribution >= 4 is 11.9 Å². The lowest BCUT2D eigenvalue weighted by Gasteiger charge is -2.30. The van der Waals surface area contributed by atoms with Gasteiger partial charge in [-0.3, -0.25) is 14.5 Å². The second kappa shape index (κ2) is 8.08. The predicted octanol–water partition coefficient (Wildman–Crippen LogP) is 0.788. The van der Waals surface area contributed by atoms with Crippen LogP contribution in [-0.4, -0.2) is 50.1 Å². The fourth-order valence-electron chi connectivity index (χ4n) is 2.25. The zero-order valence-electron chi connectivity index (χ0n) is 11.4. The molecule has 18 heavy (non-hydrogen) atoms. The molecule has 1 fully saturated rings. The Balaban J connectivity index is 2.08. The lowest BCUT2D eigenvalue weighted by atomic mass is 10.0. The molecule has 1 heterocycles. The summed E-state index contributed by atoms with van der Waals surface area (Å²) in [5.41, 5.74) is 0. The quantitative estimate of drug-likeness (QED) is 0.564. The van der Waals surface area contributed by atoms with E-state index in [1.807, 2.05) is 0 Å². The maximum atomic E-state index is 11.7. The maximum Gasteiger partial charge on any atom is 0.305 e. The highest BCUT2D eigenvalue weighted by molar-refractivity contribution is 5.78. The Kier molecular flexibility index (Phi) is 6.72. The number of carbonyl (C=O) groups is 2. The van der Waals surface area contributed by atoms with E-state index in [-0.39, 0.29) is 11.9 Å². The summed E-state index contributed by atoms with van der Waals surface area (Å²) in [6.45, 7) is 5.26. The molecule has 5 nitrogen and oxygen atoms in total. The van der Waals surface area contributed by atoms with E-state index in [0.29, 0.717) is 31.8 Å². The van der Waals surface area contributed by atoms with E-state index >= 15 is 0 Å². The Morgan fingerprint density at radius 1 is 1.44 bits per heavy atom. The van der Waals surface area contributed by atoms with Crippen molar-refractivity contribution in [1.29, 1.82) is 0 Å². The average Bonchev–Trinajstić information content (AvgIpc) is 2.34. The number of nitrogens with one attached hydrogen (secondary N) is 1. The van der Waals surface area contributed by atoms with Crippen LogP contribution in [0.4, 0.5) is 0 Å². The number of ether oxygens (including phenoxy) is 1. The van der Waals surface area contributed by atoms with Crippen LogP contribution in [-0.2, 0) is 14.3 Å². The fourth-order valence-corrected chi connectivity index (χ4v) is 2.25. The molecule has 0 radical (unpaired) electrons. The molecule has 1 atom stereocenters. The molecule has 0 aromatic rings. The van der Waals surface area contributed by atoms with Crippen LogP contribution in [0.3, 0.4) is 0 Å². The highest BCUT2D eigenvalue weighted by Crippen LogP contribution is 2.14.